The van der Waals surface area contributed by atoms with Gasteiger partial charge in [-0.25, -0.2) is 0 Å². The molecule has 0 saturated heterocycles. The van der Waals surface area contributed by atoms with E-state index in [0.717, 1.165) is 0 Å². The van der Waals surface area contributed by atoms with E-state index in [1.165, 1.54) is 0 Å². The summed E-state index contributed by atoms with van der Waals surface area (Å²) >= 11 is 0. The van der Waals surface area contributed by atoms with Gasteiger partial charge in [0.1, 0.15) is 0 Å². The van der Waals surface area contributed by atoms with E-state index in [4.69, 9.17) is 0 Å². The molecule has 0 rings (SSSR count). The van der Waals surface area contributed by atoms with Crippen LogP contribution >= 0.6 is 372 Å². The van der Waals surface area contributed by atoms with E-state index in [0.29, 0.717) is 0 Å². The van der Waals surface area contributed by atoms with E-state index < -0.39 is 0 Å². The summed E-state index contributed by atoms with van der Waals surface area (Å²) in [5.74, 6) is 0. The van der Waals surface area contributed by atoms with E-state index >= 15 is 0 Å². The predicted octanol–water partition coefficient (Wildman–Crippen LogP) is -47.3. The topological polar surface area (TPSA) is 0 Å². The quantitative estimate of drug-likeness (QED) is 0.212. The average Bonchev–Trinajstić information content (AvgIpc) is 0. The Morgan fingerprint density at radius 3 is 0.0600 bits per heavy atom. The van der Waals surface area contributed by atoms with Crippen LogP contribution in [0.3, 0.4) is 0 Å². The van der Waals surface area contributed by atoms with E-state index in [1.807, 2.05) is 0 Å². The van der Waals surface area contributed by atoms with Crippen LogP contribution in [-0.2, 0) is 0 Å². The first kappa shape index (κ1) is 765. The van der Waals surface area contributed by atoms with Crippen LogP contribution in [0.15, 0.2) is 0 Å². The van der Waals surface area contributed by atoms with Gasteiger partial charge in [-0.3, -0.25) is 0 Å². The minimum atomic E-state index is 0. The van der Waals surface area contributed by atoms with Crippen LogP contribution < -0.4 is 420 Å². The molecule has 0 N–H and O–H groups in total. The zero-order valence-corrected chi connectivity index (χ0v) is 78.1. The maximum absolute atomic E-state index is 0. The van der Waals surface area contributed by atoms with Crippen molar-refractivity contribution in [1.82, 2.24) is 0 Å². The van der Waals surface area contributed by atoms with Crippen LogP contribution in [0.2, 0.25) is 0 Å². The molecule has 0 bridgehead atoms. The van der Waals surface area contributed by atoms with E-state index in [2.05, 4.69) is 0 Å². The Labute approximate surface area is 772 Å². The Morgan fingerprint density at radius 1 is 0.0600 bits per heavy atom. The van der Waals surface area contributed by atoms with Crippen molar-refractivity contribution in [3.05, 3.63) is 0 Å². The number of rotatable bonds is 0. The van der Waals surface area contributed by atoms with Crippen LogP contribution in [0, 0.1) is 0 Å². The molecular weight excluding hydrogens is 1650 g/mol. The standard InChI is InChI=1S/40ClH.10Na/h40*1H;;;;;;;;;;/q;;;;;;;;;;;;;;;;;;;;;;;;;;;;;;;;;;;;;;;;10*+1/p-10. The predicted molar refractivity (Wildman–Crippen MR) is 217 cm³/mol. The third kappa shape index (κ3) is 702. The number of hydrogen-bond donors (Lipinski definition) is 0. The zero-order valence-electron chi connectivity index (χ0n) is 26.0. The van der Waals surface area contributed by atoms with Gasteiger partial charge in [-0.2, -0.15) is 0 Å². The van der Waals surface area contributed by atoms with Gasteiger partial charge >= 0.3 is 296 Å². The van der Waals surface area contributed by atoms with Crippen molar-refractivity contribution in [2.45, 2.75) is 0 Å². The second-order valence-corrected chi connectivity index (χ2v) is 0. The molecule has 0 aliphatic heterocycles. The van der Waals surface area contributed by atoms with Crippen molar-refractivity contribution in [2.75, 3.05) is 0 Å². The molecule has 0 atom stereocenters. The van der Waals surface area contributed by atoms with Crippen molar-refractivity contribution in [2.24, 2.45) is 0 Å². The van der Waals surface area contributed by atoms with Gasteiger partial charge in [-0.1, -0.05) is 0 Å². The summed E-state index contributed by atoms with van der Waals surface area (Å²) in [5.41, 5.74) is 0. The van der Waals surface area contributed by atoms with Crippen LogP contribution in [-0.4, -0.2) is 0 Å². The SMILES string of the molecule is Cl.Cl.Cl.Cl.Cl.Cl.Cl.Cl.Cl.Cl.Cl.Cl.Cl.Cl.Cl.Cl.Cl.Cl.Cl.Cl.Cl.Cl.Cl.Cl.Cl.Cl.Cl.Cl.Cl.Cl.[Cl-].[Cl-].[Cl-].[Cl-].[Cl-].[Cl-].[Cl-].[Cl-].[Cl-].[Cl-].[Na+].[Na+].[Na+].[Na+].[Na+].[Na+].[Na+].[Na+].[Na+].[Na+]. The van der Waals surface area contributed by atoms with Gasteiger partial charge < -0.3 is 124 Å². The van der Waals surface area contributed by atoms with E-state index in [-0.39, 0.29) is 792 Å². The molecule has 320 valence electrons. The Morgan fingerprint density at radius 2 is 0.0600 bits per heavy atom. The van der Waals surface area contributed by atoms with Gasteiger partial charge in [0.2, 0.25) is 0 Å². The molecule has 0 unspecified atom stereocenters. The van der Waals surface area contributed by atoms with Crippen LogP contribution in [0.1, 0.15) is 0 Å². The molecule has 0 aromatic rings. The van der Waals surface area contributed by atoms with Gasteiger partial charge in [0.05, 0.1) is 0 Å². The van der Waals surface area contributed by atoms with Crippen LogP contribution in [0.25, 0.3) is 0 Å². The van der Waals surface area contributed by atoms with Crippen LogP contribution in [0.4, 0.5) is 0 Å². The fourth-order valence-corrected chi connectivity index (χ4v) is 0. The monoisotopic (exact) mass is 1660 g/mol. The van der Waals surface area contributed by atoms with Crippen molar-refractivity contribution in [3.8, 4) is 0 Å². The summed E-state index contributed by atoms with van der Waals surface area (Å²) in [6.45, 7) is 0. The van der Waals surface area contributed by atoms with Crippen molar-refractivity contribution in [1.29, 1.82) is 0 Å². The smallest absolute Gasteiger partial charge is 1.00 e. The Balaban J connectivity index is 0. The minimum absolute atomic E-state index is 0. The van der Waals surface area contributed by atoms with Gasteiger partial charge in [-0.15, -0.1) is 372 Å². The molecular formula is H30Cl40Na10. The molecule has 0 amide bonds. The van der Waals surface area contributed by atoms with E-state index in [9.17, 15) is 0 Å². The molecule has 0 aliphatic carbocycles. The van der Waals surface area contributed by atoms with Crippen LogP contribution in [0.5, 0.6) is 0 Å². The second kappa shape index (κ2) is 733. The Kier molecular flexibility index (Phi) is 11200. The Bertz CT molecular complexity index is 36.1. The third-order valence-corrected chi connectivity index (χ3v) is 0. The summed E-state index contributed by atoms with van der Waals surface area (Å²) in [6, 6.07) is 0. The second-order valence-electron chi connectivity index (χ2n) is 0. The molecule has 50 heavy (non-hydrogen) atoms. The molecule has 0 aromatic carbocycles. The molecule has 50 heteroatoms. The summed E-state index contributed by atoms with van der Waals surface area (Å²) in [7, 11) is 0. The summed E-state index contributed by atoms with van der Waals surface area (Å²) in [5, 5.41) is 0. The molecule has 0 fully saturated rings. The molecule has 0 nitrogen and oxygen atoms in total. The van der Waals surface area contributed by atoms with E-state index in [1.54, 1.807) is 0 Å². The van der Waals surface area contributed by atoms with Gasteiger partial charge in [0.25, 0.3) is 0 Å². The number of hydrogen-bond acceptors (Lipinski definition) is 0. The largest absolute Gasteiger partial charge is 1.00 e. The zero-order chi connectivity index (χ0) is 0. The average molecular weight is 1680 g/mol. The molecule has 0 radical (unpaired) electrons. The van der Waals surface area contributed by atoms with Gasteiger partial charge in [-0.05, 0) is 0 Å². The van der Waals surface area contributed by atoms with Gasteiger partial charge in [0, 0.05) is 0 Å². The number of halogens is 40. The first-order valence-corrected chi connectivity index (χ1v) is 0. The first-order valence-electron chi connectivity index (χ1n) is 0. The molecule has 0 aromatic heterocycles. The molecule has 0 spiro atoms. The molecule has 0 saturated carbocycles. The fourth-order valence-electron chi connectivity index (χ4n) is 0. The Hall–Kier alpha value is 21.6. The van der Waals surface area contributed by atoms with Crippen molar-refractivity contribution < 1.29 is 420 Å². The van der Waals surface area contributed by atoms with Crippen molar-refractivity contribution in [3.63, 3.8) is 0 Å². The maximum Gasteiger partial charge on any atom is 1.00 e. The first-order chi connectivity index (χ1) is 0. The molecule has 0 heterocycles. The fraction of sp³-hybridized carbons (Fsp3) is 0. The summed E-state index contributed by atoms with van der Waals surface area (Å²) in [6.07, 6.45) is 0. The third-order valence-electron chi connectivity index (χ3n) is 0. The van der Waals surface area contributed by atoms with Crippen molar-refractivity contribution >= 4 is 372 Å². The normalized spacial score (nSPS) is 0. The molecule has 0 aliphatic rings. The maximum atomic E-state index is 0. The summed E-state index contributed by atoms with van der Waals surface area (Å²) < 4.78 is 0. The minimum Gasteiger partial charge on any atom is -1.00 e. The van der Waals surface area contributed by atoms with Gasteiger partial charge in [0.15, 0.2) is 0 Å². The summed E-state index contributed by atoms with van der Waals surface area (Å²) in [4.78, 5) is 0.